The van der Waals surface area contributed by atoms with Crippen LogP contribution < -0.4 is 0 Å². The molecule has 0 aromatic heterocycles. The lowest BCUT2D eigenvalue weighted by Crippen LogP contribution is -1.98. The number of rotatable bonds is 1. The summed E-state index contributed by atoms with van der Waals surface area (Å²) in [6.45, 7) is 0. The Morgan fingerprint density at radius 2 is 1.82 bits per heavy atom. The second-order valence-corrected chi connectivity index (χ2v) is 4.24. The largest absolute Gasteiger partial charge is 0.374 e. The summed E-state index contributed by atoms with van der Waals surface area (Å²) in [6, 6.07) is 15.9. The first-order valence-electron chi connectivity index (χ1n) is 5.59. The number of aliphatic hydroxyl groups excluding tert-OH is 1. The quantitative estimate of drug-likeness (QED) is 0.642. The lowest BCUT2D eigenvalue weighted by molar-refractivity contribution is 0.235. The highest BCUT2D eigenvalue weighted by Gasteiger charge is 2.22. The Labute approximate surface area is 99.8 Å². The summed E-state index contributed by atoms with van der Waals surface area (Å²) >= 11 is 0. The summed E-state index contributed by atoms with van der Waals surface area (Å²) in [5, 5.41) is 18.5. The maximum absolute atomic E-state index is 9.71. The van der Waals surface area contributed by atoms with Gasteiger partial charge in [-0.25, -0.2) is 0 Å². The number of aliphatic hydroxyl groups is 1. The number of hydrogen-bond donors (Lipinski definition) is 1. The van der Waals surface area contributed by atoms with Crippen molar-refractivity contribution in [1.29, 1.82) is 5.26 Å². The molecule has 0 radical (unpaired) electrons. The van der Waals surface area contributed by atoms with E-state index in [-0.39, 0.29) is 0 Å². The van der Waals surface area contributed by atoms with E-state index in [0.717, 1.165) is 23.1 Å². The van der Waals surface area contributed by atoms with Crippen LogP contribution in [0, 0.1) is 11.3 Å². The van der Waals surface area contributed by atoms with Gasteiger partial charge in [0.2, 0.25) is 0 Å². The van der Waals surface area contributed by atoms with E-state index in [1.165, 1.54) is 11.1 Å². The van der Waals surface area contributed by atoms with Crippen LogP contribution >= 0.6 is 0 Å². The summed E-state index contributed by atoms with van der Waals surface area (Å²) in [6.07, 6.45) is -0.222. The molecular weight excluding hydrogens is 210 g/mol. The van der Waals surface area contributed by atoms with Gasteiger partial charge < -0.3 is 5.11 Å². The van der Waals surface area contributed by atoms with Crippen molar-refractivity contribution in [1.82, 2.24) is 0 Å². The second-order valence-electron chi connectivity index (χ2n) is 4.24. The first-order chi connectivity index (χ1) is 8.31. The third kappa shape index (κ3) is 1.44. The average Bonchev–Trinajstić information content (AvgIpc) is 2.76. The molecule has 0 bridgehead atoms. The van der Waals surface area contributed by atoms with Gasteiger partial charge in [-0.3, -0.25) is 0 Å². The Kier molecular flexibility index (Phi) is 2.21. The number of fused-ring (bicyclic) bond motifs is 3. The first-order valence-corrected chi connectivity index (χ1v) is 5.59. The topological polar surface area (TPSA) is 44.0 Å². The third-order valence-corrected chi connectivity index (χ3v) is 3.30. The van der Waals surface area contributed by atoms with Crippen molar-refractivity contribution in [2.75, 3.05) is 0 Å². The van der Waals surface area contributed by atoms with Crippen LogP contribution in [0.15, 0.2) is 42.5 Å². The molecule has 82 valence electrons. The van der Waals surface area contributed by atoms with Crippen LogP contribution in [0.4, 0.5) is 0 Å². The molecule has 0 saturated carbocycles. The third-order valence-electron chi connectivity index (χ3n) is 3.30. The van der Waals surface area contributed by atoms with Crippen LogP contribution in [0.2, 0.25) is 0 Å². The minimum atomic E-state index is -1.03. The Morgan fingerprint density at radius 1 is 1.06 bits per heavy atom. The van der Waals surface area contributed by atoms with Gasteiger partial charge in [0, 0.05) is 0 Å². The molecule has 0 aliphatic heterocycles. The summed E-state index contributed by atoms with van der Waals surface area (Å²) < 4.78 is 0. The van der Waals surface area contributed by atoms with Gasteiger partial charge in [0.05, 0.1) is 6.07 Å². The molecule has 1 N–H and O–H groups in total. The van der Waals surface area contributed by atoms with E-state index in [9.17, 15) is 5.11 Å². The lowest BCUT2D eigenvalue weighted by Gasteiger charge is -2.08. The van der Waals surface area contributed by atoms with Crippen molar-refractivity contribution < 1.29 is 5.11 Å². The minimum Gasteiger partial charge on any atom is -0.374 e. The van der Waals surface area contributed by atoms with Crippen molar-refractivity contribution in [3.8, 4) is 17.2 Å². The zero-order valence-corrected chi connectivity index (χ0v) is 9.22. The molecule has 2 aromatic carbocycles. The molecule has 2 nitrogen and oxygen atoms in total. The zero-order chi connectivity index (χ0) is 11.8. The molecule has 17 heavy (non-hydrogen) atoms. The summed E-state index contributed by atoms with van der Waals surface area (Å²) in [5.74, 6) is 0. The van der Waals surface area contributed by atoms with E-state index in [2.05, 4.69) is 18.2 Å². The molecule has 2 aromatic rings. The van der Waals surface area contributed by atoms with E-state index in [0.29, 0.717) is 0 Å². The molecule has 1 aliphatic rings. The molecule has 3 rings (SSSR count). The molecule has 0 amide bonds. The highest BCUT2D eigenvalue weighted by Crippen LogP contribution is 2.39. The predicted molar refractivity (Wildman–Crippen MR) is 65.3 cm³/mol. The van der Waals surface area contributed by atoms with E-state index in [4.69, 9.17) is 5.26 Å². The molecule has 2 heteroatoms. The molecule has 1 aliphatic carbocycles. The maximum Gasteiger partial charge on any atom is 0.166 e. The zero-order valence-electron chi connectivity index (χ0n) is 9.22. The number of nitriles is 1. The van der Waals surface area contributed by atoms with Gasteiger partial charge in [-0.2, -0.15) is 5.26 Å². The van der Waals surface area contributed by atoms with Gasteiger partial charge in [0.1, 0.15) is 0 Å². The lowest BCUT2D eigenvalue weighted by atomic mass is 9.98. The SMILES string of the molecule is N#CC(O)c1cccc2c1Cc1ccccc1-2. The van der Waals surface area contributed by atoms with Crippen LogP contribution in [-0.4, -0.2) is 5.11 Å². The van der Waals surface area contributed by atoms with Crippen molar-refractivity contribution >= 4 is 0 Å². The monoisotopic (exact) mass is 221 g/mol. The Morgan fingerprint density at radius 3 is 2.65 bits per heavy atom. The minimum absolute atomic E-state index is 0.737. The van der Waals surface area contributed by atoms with Gasteiger partial charge in [-0.15, -0.1) is 0 Å². The van der Waals surface area contributed by atoms with E-state index >= 15 is 0 Å². The molecule has 0 saturated heterocycles. The van der Waals surface area contributed by atoms with Gasteiger partial charge in [0.15, 0.2) is 6.10 Å². The summed E-state index contributed by atoms with van der Waals surface area (Å²) in [7, 11) is 0. The van der Waals surface area contributed by atoms with Crippen molar-refractivity contribution in [2.24, 2.45) is 0 Å². The van der Waals surface area contributed by atoms with E-state index < -0.39 is 6.10 Å². The second kappa shape index (κ2) is 3.73. The Balaban J connectivity index is 2.21. The fraction of sp³-hybridized carbons (Fsp3) is 0.133. The van der Waals surface area contributed by atoms with Crippen LogP contribution in [-0.2, 0) is 6.42 Å². The standard InChI is InChI=1S/C15H11NO/c16-9-15(17)13-7-3-6-12-11-5-2-1-4-10(11)8-14(12)13/h1-7,15,17H,8H2. The number of nitrogens with zero attached hydrogens (tertiary/aromatic N) is 1. The first kappa shape index (κ1) is 10.1. The average molecular weight is 221 g/mol. The van der Waals surface area contributed by atoms with E-state index in [1.54, 1.807) is 0 Å². The summed E-state index contributed by atoms with van der Waals surface area (Å²) in [4.78, 5) is 0. The highest BCUT2D eigenvalue weighted by atomic mass is 16.3. The van der Waals surface area contributed by atoms with E-state index in [1.807, 2.05) is 30.3 Å². The molecular formula is C15H11NO. The van der Waals surface area contributed by atoms with Gasteiger partial charge in [0.25, 0.3) is 0 Å². The fourth-order valence-corrected chi connectivity index (χ4v) is 2.51. The van der Waals surface area contributed by atoms with Crippen LogP contribution in [0.1, 0.15) is 22.8 Å². The summed E-state index contributed by atoms with van der Waals surface area (Å²) in [5.41, 5.74) is 5.45. The van der Waals surface area contributed by atoms with Crippen molar-refractivity contribution in [2.45, 2.75) is 12.5 Å². The molecule has 1 unspecified atom stereocenters. The van der Waals surface area contributed by atoms with Crippen LogP contribution in [0.3, 0.4) is 0 Å². The molecule has 1 atom stereocenters. The maximum atomic E-state index is 9.71. The van der Waals surface area contributed by atoms with Gasteiger partial charge >= 0.3 is 0 Å². The van der Waals surface area contributed by atoms with Gasteiger partial charge in [-0.05, 0) is 34.2 Å². The molecule has 0 spiro atoms. The molecule has 0 heterocycles. The van der Waals surface area contributed by atoms with Crippen molar-refractivity contribution in [3.63, 3.8) is 0 Å². The van der Waals surface area contributed by atoms with Crippen molar-refractivity contribution in [3.05, 3.63) is 59.2 Å². The Hall–Kier alpha value is -2.11. The molecule has 0 fully saturated rings. The smallest absolute Gasteiger partial charge is 0.166 e. The Bertz CT molecular complexity index is 625. The van der Waals surface area contributed by atoms with Gasteiger partial charge in [-0.1, -0.05) is 42.5 Å². The highest BCUT2D eigenvalue weighted by molar-refractivity contribution is 5.78. The number of benzene rings is 2. The van der Waals surface area contributed by atoms with Crippen LogP contribution in [0.5, 0.6) is 0 Å². The van der Waals surface area contributed by atoms with Crippen LogP contribution in [0.25, 0.3) is 11.1 Å². The number of hydrogen-bond acceptors (Lipinski definition) is 2. The predicted octanol–water partition coefficient (Wildman–Crippen LogP) is 2.81. The normalized spacial score (nSPS) is 13.6. The fourth-order valence-electron chi connectivity index (χ4n) is 2.51.